The van der Waals surface area contributed by atoms with Crippen molar-refractivity contribution in [3.8, 4) is 0 Å². The summed E-state index contributed by atoms with van der Waals surface area (Å²) in [5, 5.41) is 5.27. The van der Waals surface area contributed by atoms with Crippen LogP contribution in [0.2, 0.25) is 0 Å². The average Bonchev–Trinajstić information content (AvgIpc) is 2.80. The summed E-state index contributed by atoms with van der Waals surface area (Å²) in [6.45, 7) is 7.85. The maximum Gasteiger partial charge on any atom is 0.313 e. The van der Waals surface area contributed by atoms with Gasteiger partial charge in [-0.15, -0.1) is 0 Å². The van der Waals surface area contributed by atoms with Gasteiger partial charge in [0.25, 0.3) is 5.91 Å². The second-order valence-corrected chi connectivity index (χ2v) is 7.76. The molecule has 0 saturated carbocycles. The molecule has 2 aromatic rings. The first-order valence-electron chi connectivity index (χ1n) is 10.7. The highest BCUT2D eigenvalue weighted by Crippen LogP contribution is 2.11. The van der Waals surface area contributed by atoms with Gasteiger partial charge in [0.15, 0.2) is 0 Å². The van der Waals surface area contributed by atoms with Crippen molar-refractivity contribution in [2.75, 3.05) is 44.6 Å². The van der Waals surface area contributed by atoms with Crippen molar-refractivity contribution in [1.29, 1.82) is 0 Å². The Bertz CT molecular complexity index is 901. The molecule has 164 valence electrons. The fourth-order valence-electron chi connectivity index (χ4n) is 3.47. The van der Waals surface area contributed by atoms with Crippen LogP contribution in [0.15, 0.2) is 48.5 Å². The van der Waals surface area contributed by atoms with Gasteiger partial charge >= 0.3 is 11.8 Å². The number of hydrogen-bond acceptors (Lipinski definition) is 4. The predicted molar refractivity (Wildman–Crippen MR) is 121 cm³/mol. The molecule has 1 aliphatic rings. The normalized spacial score (nSPS) is 14.2. The average molecular weight is 423 g/mol. The number of carbonyl (C=O) groups is 3. The third kappa shape index (κ3) is 6.39. The summed E-state index contributed by atoms with van der Waals surface area (Å²) in [6.07, 6.45) is 0.920. The molecule has 0 aliphatic carbocycles. The molecule has 0 bridgehead atoms. The van der Waals surface area contributed by atoms with E-state index in [1.165, 1.54) is 5.56 Å². The second kappa shape index (κ2) is 10.7. The number of nitrogens with one attached hydrogen (secondary N) is 2. The summed E-state index contributed by atoms with van der Waals surface area (Å²) >= 11 is 0. The molecular formula is C24H30N4O3. The van der Waals surface area contributed by atoms with Gasteiger partial charge < -0.3 is 15.5 Å². The van der Waals surface area contributed by atoms with Crippen LogP contribution in [0, 0.1) is 6.92 Å². The third-order valence-corrected chi connectivity index (χ3v) is 5.50. The Morgan fingerprint density at radius 3 is 2.13 bits per heavy atom. The van der Waals surface area contributed by atoms with E-state index in [4.69, 9.17) is 0 Å². The Morgan fingerprint density at radius 1 is 0.871 bits per heavy atom. The molecule has 1 heterocycles. The van der Waals surface area contributed by atoms with Gasteiger partial charge in [-0.05, 0) is 43.2 Å². The lowest BCUT2D eigenvalue weighted by Crippen LogP contribution is -2.50. The molecular weight excluding hydrogens is 392 g/mol. The Morgan fingerprint density at radius 2 is 1.52 bits per heavy atom. The van der Waals surface area contributed by atoms with Gasteiger partial charge in [-0.25, -0.2) is 0 Å². The van der Waals surface area contributed by atoms with Crippen LogP contribution in [0.1, 0.15) is 28.4 Å². The second-order valence-electron chi connectivity index (χ2n) is 7.76. The van der Waals surface area contributed by atoms with E-state index in [1.807, 2.05) is 48.2 Å². The highest BCUT2D eigenvalue weighted by Gasteiger charge is 2.22. The number of benzene rings is 2. The van der Waals surface area contributed by atoms with E-state index in [9.17, 15) is 14.4 Å². The molecule has 1 saturated heterocycles. The van der Waals surface area contributed by atoms with Crippen LogP contribution in [0.4, 0.5) is 5.69 Å². The van der Waals surface area contributed by atoms with Gasteiger partial charge in [-0.2, -0.15) is 0 Å². The molecule has 7 nitrogen and oxygen atoms in total. The lowest BCUT2D eigenvalue weighted by atomic mass is 10.1. The number of piperazine rings is 1. The standard InChI is InChI=1S/C24H30N4O3/c1-3-19-6-10-21(11-7-19)26-23(30)22(29)25-12-13-27-14-16-28(17-15-27)24(31)20-8-4-18(2)5-9-20/h4-11H,3,12-17H2,1-2H3,(H,25,29)(H,26,30). The van der Waals surface area contributed by atoms with Gasteiger partial charge in [0.05, 0.1) is 0 Å². The van der Waals surface area contributed by atoms with E-state index >= 15 is 0 Å². The topological polar surface area (TPSA) is 81.8 Å². The molecule has 1 aliphatic heterocycles. The van der Waals surface area contributed by atoms with Crippen LogP contribution < -0.4 is 10.6 Å². The summed E-state index contributed by atoms with van der Waals surface area (Å²) in [6, 6.07) is 15.1. The summed E-state index contributed by atoms with van der Waals surface area (Å²) < 4.78 is 0. The van der Waals surface area contributed by atoms with Crippen LogP contribution in [-0.4, -0.2) is 66.8 Å². The van der Waals surface area contributed by atoms with E-state index in [1.54, 1.807) is 12.1 Å². The molecule has 1 fully saturated rings. The molecule has 2 N–H and O–H groups in total. The first-order chi connectivity index (χ1) is 15.0. The zero-order valence-corrected chi connectivity index (χ0v) is 18.2. The largest absolute Gasteiger partial charge is 0.347 e. The van der Waals surface area contributed by atoms with Crippen molar-refractivity contribution >= 4 is 23.4 Å². The molecule has 2 aromatic carbocycles. The summed E-state index contributed by atoms with van der Waals surface area (Å²) in [7, 11) is 0. The molecule has 7 heteroatoms. The maximum atomic E-state index is 12.6. The summed E-state index contributed by atoms with van der Waals surface area (Å²) in [5.74, 6) is -1.26. The van der Waals surface area contributed by atoms with Crippen molar-refractivity contribution in [3.63, 3.8) is 0 Å². The van der Waals surface area contributed by atoms with Crippen molar-refractivity contribution in [3.05, 3.63) is 65.2 Å². The molecule has 0 atom stereocenters. The predicted octanol–water partition coefficient (Wildman–Crippen LogP) is 2.07. The van der Waals surface area contributed by atoms with E-state index < -0.39 is 11.8 Å². The van der Waals surface area contributed by atoms with Crippen molar-refractivity contribution in [2.45, 2.75) is 20.3 Å². The van der Waals surface area contributed by atoms with E-state index in [2.05, 4.69) is 22.5 Å². The highest BCUT2D eigenvalue weighted by molar-refractivity contribution is 6.39. The Hall–Kier alpha value is -3.19. The maximum absolute atomic E-state index is 12.6. The van der Waals surface area contributed by atoms with E-state index in [-0.39, 0.29) is 5.91 Å². The number of aryl methyl sites for hydroxylation is 2. The minimum Gasteiger partial charge on any atom is -0.347 e. The van der Waals surface area contributed by atoms with Crippen LogP contribution >= 0.6 is 0 Å². The van der Waals surface area contributed by atoms with Crippen molar-refractivity contribution < 1.29 is 14.4 Å². The quantitative estimate of drug-likeness (QED) is 0.699. The van der Waals surface area contributed by atoms with Crippen LogP contribution in [-0.2, 0) is 16.0 Å². The van der Waals surface area contributed by atoms with E-state index in [0.29, 0.717) is 37.4 Å². The van der Waals surface area contributed by atoms with Gasteiger partial charge in [0, 0.05) is 50.5 Å². The van der Waals surface area contributed by atoms with Crippen LogP contribution in [0.5, 0.6) is 0 Å². The third-order valence-electron chi connectivity index (χ3n) is 5.50. The zero-order valence-electron chi connectivity index (χ0n) is 18.2. The molecule has 3 amide bonds. The fourth-order valence-corrected chi connectivity index (χ4v) is 3.47. The van der Waals surface area contributed by atoms with Crippen LogP contribution in [0.25, 0.3) is 0 Å². The number of anilines is 1. The number of rotatable bonds is 6. The molecule has 3 rings (SSSR count). The van der Waals surface area contributed by atoms with Gasteiger partial charge in [0.2, 0.25) is 0 Å². The highest BCUT2D eigenvalue weighted by atomic mass is 16.2. The monoisotopic (exact) mass is 422 g/mol. The number of amides is 3. The molecule has 0 aromatic heterocycles. The number of nitrogens with zero attached hydrogens (tertiary/aromatic N) is 2. The molecule has 31 heavy (non-hydrogen) atoms. The summed E-state index contributed by atoms with van der Waals surface area (Å²) in [4.78, 5) is 40.7. The Labute approximate surface area is 183 Å². The lowest BCUT2D eigenvalue weighted by molar-refractivity contribution is -0.136. The number of carbonyl (C=O) groups excluding carboxylic acids is 3. The smallest absolute Gasteiger partial charge is 0.313 e. The van der Waals surface area contributed by atoms with Gasteiger partial charge in [0.1, 0.15) is 0 Å². The molecule has 0 unspecified atom stereocenters. The summed E-state index contributed by atoms with van der Waals surface area (Å²) in [5.41, 5.74) is 3.61. The van der Waals surface area contributed by atoms with Crippen LogP contribution in [0.3, 0.4) is 0 Å². The first kappa shape index (κ1) is 22.5. The van der Waals surface area contributed by atoms with Crippen molar-refractivity contribution in [2.24, 2.45) is 0 Å². The lowest BCUT2D eigenvalue weighted by Gasteiger charge is -2.34. The molecule has 0 spiro atoms. The van der Waals surface area contributed by atoms with Crippen molar-refractivity contribution in [1.82, 2.24) is 15.1 Å². The Balaban J connectivity index is 1.36. The minimum absolute atomic E-state index is 0.0524. The van der Waals surface area contributed by atoms with Gasteiger partial charge in [-0.1, -0.05) is 36.8 Å². The Kier molecular flexibility index (Phi) is 7.78. The van der Waals surface area contributed by atoms with E-state index in [0.717, 1.165) is 25.1 Å². The SMILES string of the molecule is CCc1ccc(NC(=O)C(=O)NCCN2CCN(C(=O)c3ccc(C)cc3)CC2)cc1. The fraction of sp³-hybridized carbons (Fsp3) is 0.375. The molecule has 0 radical (unpaired) electrons. The number of hydrogen-bond donors (Lipinski definition) is 2. The minimum atomic E-state index is -0.669. The first-order valence-corrected chi connectivity index (χ1v) is 10.7. The van der Waals surface area contributed by atoms with Gasteiger partial charge in [-0.3, -0.25) is 19.3 Å². The zero-order chi connectivity index (χ0) is 22.2.